The summed E-state index contributed by atoms with van der Waals surface area (Å²) in [5.41, 5.74) is 11.6. The molecule has 210 valence electrons. The van der Waals surface area contributed by atoms with Crippen molar-refractivity contribution in [3.8, 4) is 5.75 Å². The number of amides is 2. The molecule has 1 aromatic heterocycles. The van der Waals surface area contributed by atoms with E-state index < -0.39 is 11.6 Å². The van der Waals surface area contributed by atoms with Crippen LogP contribution in [0.4, 0.5) is 13.6 Å². The van der Waals surface area contributed by atoms with Gasteiger partial charge in [0.05, 0.1) is 0 Å². The van der Waals surface area contributed by atoms with E-state index in [9.17, 15) is 23.5 Å². The number of guanidine groups is 1. The van der Waals surface area contributed by atoms with Crippen LogP contribution in [0.2, 0.25) is 0 Å². The van der Waals surface area contributed by atoms with E-state index in [1.165, 1.54) is 25.1 Å². The molecule has 11 heteroatoms. The van der Waals surface area contributed by atoms with Gasteiger partial charge >= 0.3 is 6.03 Å². The molecule has 2 aromatic carbocycles. The number of ketones is 1. The van der Waals surface area contributed by atoms with Gasteiger partial charge in [-0.2, -0.15) is 0 Å². The predicted octanol–water partition coefficient (Wildman–Crippen LogP) is 4.01. The molecule has 0 radical (unpaired) electrons. The smallest absolute Gasteiger partial charge is 0.317 e. The Labute approximate surface area is 226 Å². The Balaban J connectivity index is 0.000000302. The van der Waals surface area contributed by atoms with Gasteiger partial charge in [0.2, 0.25) is 0 Å². The average molecular weight is 543 g/mol. The largest absolute Gasteiger partial charge is 0.505 e. The van der Waals surface area contributed by atoms with E-state index in [4.69, 9.17) is 11.5 Å². The number of aromatic hydroxyl groups is 1. The van der Waals surface area contributed by atoms with Gasteiger partial charge in [0.1, 0.15) is 11.6 Å². The topological polar surface area (TPSA) is 147 Å². The van der Waals surface area contributed by atoms with Crippen molar-refractivity contribution in [1.82, 2.24) is 15.2 Å². The van der Waals surface area contributed by atoms with E-state index in [0.29, 0.717) is 24.2 Å². The first kappa shape index (κ1) is 30.9. The van der Waals surface area contributed by atoms with Crippen LogP contribution in [0.15, 0.2) is 53.7 Å². The van der Waals surface area contributed by atoms with E-state index in [0.717, 1.165) is 36.1 Å². The van der Waals surface area contributed by atoms with Crippen LogP contribution in [0, 0.1) is 11.6 Å². The number of nitrogens with zero attached hydrogens (tertiary/aromatic N) is 3. The lowest BCUT2D eigenvalue weighted by Gasteiger charge is -2.27. The molecule has 9 nitrogen and oxygen atoms in total. The first-order valence-electron chi connectivity index (χ1n) is 12.6. The highest BCUT2D eigenvalue weighted by Crippen LogP contribution is 2.20. The molecule has 39 heavy (non-hydrogen) atoms. The highest BCUT2D eigenvalue weighted by atomic mass is 19.1. The Morgan fingerprint density at radius 1 is 1.15 bits per heavy atom. The van der Waals surface area contributed by atoms with Gasteiger partial charge in [-0.1, -0.05) is 19.1 Å². The monoisotopic (exact) mass is 542 g/mol. The summed E-state index contributed by atoms with van der Waals surface area (Å²) in [6.45, 7) is 4.08. The van der Waals surface area contributed by atoms with E-state index in [1.807, 2.05) is 6.92 Å². The quantitative estimate of drug-likeness (QED) is 0.173. The van der Waals surface area contributed by atoms with Crippen molar-refractivity contribution in [2.24, 2.45) is 16.5 Å². The first-order chi connectivity index (χ1) is 18.5. The highest BCUT2D eigenvalue weighted by molar-refractivity contribution is 5.84. The molecule has 6 N–H and O–H groups in total. The summed E-state index contributed by atoms with van der Waals surface area (Å²) in [5.74, 6) is -1.31. The zero-order valence-electron chi connectivity index (χ0n) is 22.5. The minimum absolute atomic E-state index is 0.0419. The fraction of sp³-hybridized carbons (Fsp3) is 0.357. The van der Waals surface area contributed by atoms with E-state index in [2.05, 4.69) is 15.3 Å². The van der Waals surface area contributed by atoms with Crippen LogP contribution in [0.25, 0.3) is 10.8 Å². The van der Waals surface area contributed by atoms with Crippen molar-refractivity contribution >= 4 is 28.5 Å². The average Bonchev–Trinajstić information content (AvgIpc) is 2.88. The van der Waals surface area contributed by atoms with Crippen LogP contribution in [0.3, 0.4) is 0 Å². The normalized spacial score (nSPS) is 11.2. The number of nitrogens with two attached hydrogens (primary N) is 2. The van der Waals surface area contributed by atoms with Crippen LogP contribution in [0.5, 0.6) is 5.75 Å². The number of halogens is 2. The number of carbonyl (C=O) groups excluding carboxylic acids is 2. The molecule has 1 heterocycles. The number of para-hydroxylation sites is 1. The fourth-order valence-corrected chi connectivity index (χ4v) is 3.88. The van der Waals surface area contributed by atoms with E-state index >= 15 is 0 Å². The third-order valence-corrected chi connectivity index (χ3v) is 6.00. The fourth-order valence-electron chi connectivity index (χ4n) is 3.88. The number of hydrogen-bond donors (Lipinski definition) is 4. The van der Waals surface area contributed by atoms with Crippen molar-refractivity contribution in [1.29, 1.82) is 0 Å². The van der Waals surface area contributed by atoms with Crippen LogP contribution in [-0.2, 0) is 17.8 Å². The molecular formula is C28H36F2N6O3. The Bertz CT molecular complexity index is 1300. The summed E-state index contributed by atoms with van der Waals surface area (Å²) >= 11 is 0. The minimum Gasteiger partial charge on any atom is -0.505 e. The summed E-state index contributed by atoms with van der Waals surface area (Å²) in [6, 6.07) is 10.2. The van der Waals surface area contributed by atoms with Gasteiger partial charge in [-0.3, -0.25) is 14.8 Å². The standard InChI is InChI=1S/C16H26FN5O2.C12H10FNO/c1-3-12(7-5-9-20-15(18)19)22(2)16(24)21-10-11-6-4-8-13(17)14(11)23;1-8(15)4-12-6-10-5-11(13)3-2-9(10)7-14-12/h4,6,8,12,23H,3,5,7,9-10H2,1-2H3,(H,21,24)(H4,18,19,20);2-3,5-7H,4H2,1H3. The number of phenols is 1. The highest BCUT2D eigenvalue weighted by Gasteiger charge is 2.18. The number of hydrogen-bond acceptors (Lipinski definition) is 5. The predicted molar refractivity (Wildman–Crippen MR) is 148 cm³/mol. The third-order valence-electron chi connectivity index (χ3n) is 6.00. The summed E-state index contributed by atoms with van der Waals surface area (Å²) < 4.78 is 26.2. The molecule has 0 fully saturated rings. The van der Waals surface area contributed by atoms with Crippen molar-refractivity contribution in [3.63, 3.8) is 0 Å². The molecule has 2 amide bonds. The van der Waals surface area contributed by atoms with Crippen molar-refractivity contribution in [2.75, 3.05) is 13.6 Å². The zero-order chi connectivity index (χ0) is 28.9. The summed E-state index contributed by atoms with van der Waals surface area (Å²) in [5, 5.41) is 14.0. The van der Waals surface area contributed by atoms with Crippen LogP contribution >= 0.6 is 0 Å². The molecule has 0 saturated heterocycles. The molecule has 0 bridgehead atoms. The molecule has 3 rings (SSSR count). The number of rotatable bonds is 10. The number of carbonyl (C=O) groups is 2. The van der Waals surface area contributed by atoms with Gasteiger partial charge in [-0.15, -0.1) is 0 Å². The number of Topliss-reactive ketones (excluding diaryl/α,β-unsaturated/α-hetero) is 1. The van der Waals surface area contributed by atoms with Gasteiger partial charge in [-0.25, -0.2) is 13.6 Å². The number of pyridine rings is 1. The van der Waals surface area contributed by atoms with Gasteiger partial charge < -0.3 is 26.8 Å². The SMILES string of the molecule is CC(=O)Cc1cc2cc(F)ccc2cn1.CCC(CCCN=C(N)N)N(C)C(=O)NCc1cccc(F)c1O. The Hall–Kier alpha value is -4.28. The van der Waals surface area contributed by atoms with Crippen LogP contribution in [-0.4, -0.2) is 52.4 Å². The molecule has 1 atom stereocenters. The number of aromatic nitrogens is 1. The molecule has 0 aliphatic rings. The molecule has 0 saturated carbocycles. The maximum absolute atomic E-state index is 13.3. The molecular weight excluding hydrogens is 506 g/mol. The van der Waals surface area contributed by atoms with Crippen LogP contribution in [0.1, 0.15) is 44.4 Å². The van der Waals surface area contributed by atoms with E-state index in [-0.39, 0.29) is 36.2 Å². The number of nitrogens with one attached hydrogen (secondary N) is 1. The number of phenolic OH excluding ortho intramolecular Hbond substituents is 1. The summed E-state index contributed by atoms with van der Waals surface area (Å²) in [6.07, 6.45) is 4.28. The molecule has 0 spiro atoms. The van der Waals surface area contributed by atoms with Crippen molar-refractivity contribution in [3.05, 3.63) is 71.6 Å². The first-order valence-corrected chi connectivity index (χ1v) is 12.6. The Morgan fingerprint density at radius 2 is 1.90 bits per heavy atom. The number of fused-ring (bicyclic) bond motifs is 1. The lowest BCUT2D eigenvalue weighted by atomic mass is 10.1. The number of benzene rings is 2. The second kappa shape index (κ2) is 15.2. The Morgan fingerprint density at radius 3 is 2.56 bits per heavy atom. The molecule has 0 aliphatic heterocycles. The van der Waals surface area contributed by atoms with Gasteiger partial charge in [-0.05, 0) is 61.9 Å². The van der Waals surface area contributed by atoms with Crippen molar-refractivity contribution < 1.29 is 23.5 Å². The van der Waals surface area contributed by atoms with E-state index in [1.54, 1.807) is 36.3 Å². The molecule has 0 aliphatic carbocycles. The molecule has 3 aromatic rings. The zero-order valence-corrected chi connectivity index (χ0v) is 22.5. The van der Waals surface area contributed by atoms with Gasteiger partial charge in [0.25, 0.3) is 0 Å². The number of aliphatic imine (C=N–C) groups is 1. The lowest BCUT2D eigenvalue weighted by molar-refractivity contribution is -0.116. The lowest BCUT2D eigenvalue weighted by Crippen LogP contribution is -2.43. The van der Waals surface area contributed by atoms with Crippen molar-refractivity contribution in [2.45, 2.75) is 52.1 Å². The maximum Gasteiger partial charge on any atom is 0.317 e. The Kier molecular flexibility index (Phi) is 12.1. The summed E-state index contributed by atoms with van der Waals surface area (Å²) in [7, 11) is 1.70. The molecule has 1 unspecified atom stereocenters. The third kappa shape index (κ3) is 10.2. The van der Waals surface area contributed by atoms with Gasteiger partial charge in [0, 0.05) is 55.4 Å². The second-order valence-electron chi connectivity index (χ2n) is 9.07. The van der Waals surface area contributed by atoms with Crippen LogP contribution < -0.4 is 16.8 Å². The maximum atomic E-state index is 13.3. The number of urea groups is 1. The summed E-state index contributed by atoms with van der Waals surface area (Å²) in [4.78, 5) is 32.8. The van der Waals surface area contributed by atoms with Gasteiger partial charge in [0.15, 0.2) is 17.5 Å². The second-order valence-corrected chi connectivity index (χ2v) is 9.07. The minimum atomic E-state index is -0.707.